The fraction of sp³-hybridized carbons (Fsp3) is 0.222. The maximum atomic E-state index is 13.3. The molecule has 6 heteroatoms. The summed E-state index contributed by atoms with van der Waals surface area (Å²) in [5.41, 5.74) is 5.01. The third kappa shape index (κ3) is 2.37. The number of carboxylic acids is 1. The second-order valence-electron chi connectivity index (χ2n) is 2.95. The van der Waals surface area contributed by atoms with Gasteiger partial charge >= 0.3 is 5.97 Å². The van der Waals surface area contributed by atoms with Crippen molar-refractivity contribution in [1.29, 1.82) is 0 Å². The quantitative estimate of drug-likeness (QED) is 0.735. The molecule has 1 rings (SSSR count). The molecule has 1 aromatic carbocycles. The Morgan fingerprint density at radius 3 is 2.60 bits per heavy atom. The lowest BCUT2D eigenvalue weighted by atomic mass is 9.98. The molecule has 4 nitrogen and oxygen atoms in total. The first-order valence-corrected chi connectivity index (χ1v) is 4.46. The van der Waals surface area contributed by atoms with Gasteiger partial charge in [0.15, 0.2) is 0 Å². The maximum absolute atomic E-state index is 13.3. The van der Waals surface area contributed by atoms with Gasteiger partial charge in [-0.3, -0.25) is 4.79 Å². The molecule has 1 aromatic rings. The maximum Gasteiger partial charge on any atom is 0.312 e. The van der Waals surface area contributed by atoms with E-state index in [9.17, 15) is 9.18 Å². The topological polar surface area (TPSA) is 83.6 Å². The van der Waals surface area contributed by atoms with Gasteiger partial charge in [-0.15, -0.1) is 0 Å². The second-order valence-corrected chi connectivity index (χ2v) is 3.36. The van der Waals surface area contributed by atoms with Crippen LogP contribution in [0.25, 0.3) is 0 Å². The highest BCUT2D eigenvalue weighted by atomic mass is 35.5. The van der Waals surface area contributed by atoms with Crippen LogP contribution in [0.1, 0.15) is 11.5 Å². The zero-order valence-electron chi connectivity index (χ0n) is 7.58. The van der Waals surface area contributed by atoms with E-state index in [1.807, 2.05) is 0 Å². The number of phenols is 1. The molecule has 15 heavy (non-hydrogen) atoms. The number of halogens is 2. The average molecular weight is 234 g/mol. The lowest BCUT2D eigenvalue weighted by Crippen LogP contribution is -2.22. The number of benzene rings is 1. The van der Waals surface area contributed by atoms with Gasteiger partial charge in [0.25, 0.3) is 0 Å². The Hall–Kier alpha value is -1.33. The summed E-state index contributed by atoms with van der Waals surface area (Å²) in [5.74, 6) is -3.71. The predicted octanol–water partition coefficient (Wildman–Crippen LogP) is 1.31. The summed E-state index contributed by atoms with van der Waals surface area (Å²) < 4.78 is 13.3. The summed E-state index contributed by atoms with van der Waals surface area (Å²) in [5, 5.41) is 17.6. The van der Waals surface area contributed by atoms with E-state index in [0.29, 0.717) is 0 Å². The monoisotopic (exact) mass is 233 g/mol. The molecule has 0 aromatic heterocycles. The first kappa shape index (κ1) is 11.7. The number of rotatable bonds is 3. The molecule has 82 valence electrons. The Kier molecular flexibility index (Phi) is 3.49. The van der Waals surface area contributed by atoms with Crippen molar-refractivity contribution in [2.24, 2.45) is 5.73 Å². The summed E-state index contributed by atoms with van der Waals surface area (Å²) in [6.07, 6.45) is 0. The molecule has 0 fully saturated rings. The van der Waals surface area contributed by atoms with Crippen molar-refractivity contribution in [3.63, 3.8) is 0 Å². The third-order valence-electron chi connectivity index (χ3n) is 1.95. The van der Waals surface area contributed by atoms with Crippen LogP contribution in [0, 0.1) is 5.82 Å². The van der Waals surface area contributed by atoms with Crippen LogP contribution in [0.4, 0.5) is 4.39 Å². The van der Waals surface area contributed by atoms with Crippen molar-refractivity contribution < 1.29 is 19.4 Å². The molecule has 0 aliphatic rings. The van der Waals surface area contributed by atoms with E-state index >= 15 is 0 Å². The number of nitrogens with two attached hydrogens (primary N) is 1. The summed E-state index contributed by atoms with van der Waals surface area (Å²) in [4.78, 5) is 10.8. The number of carboxylic acid groups (broad SMARTS) is 1. The number of hydrogen-bond acceptors (Lipinski definition) is 3. The summed E-state index contributed by atoms with van der Waals surface area (Å²) in [6, 6.07) is 1.87. The van der Waals surface area contributed by atoms with E-state index in [1.54, 1.807) is 0 Å². The predicted molar refractivity (Wildman–Crippen MR) is 52.5 cm³/mol. The van der Waals surface area contributed by atoms with Crippen molar-refractivity contribution in [3.8, 4) is 5.75 Å². The third-order valence-corrected chi connectivity index (χ3v) is 2.26. The van der Waals surface area contributed by atoms with Crippen LogP contribution in [-0.4, -0.2) is 22.7 Å². The number of phenolic OH excluding ortho intramolecular Hbond substituents is 1. The van der Waals surface area contributed by atoms with Crippen LogP contribution < -0.4 is 5.73 Å². The van der Waals surface area contributed by atoms with Crippen molar-refractivity contribution >= 4 is 17.6 Å². The van der Waals surface area contributed by atoms with E-state index in [0.717, 1.165) is 12.1 Å². The molecular formula is C9H9ClFNO3. The second kappa shape index (κ2) is 4.46. The van der Waals surface area contributed by atoms with E-state index in [2.05, 4.69) is 0 Å². The smallest absolute Gasteiger partial charge is 0.312 e. The van der Waals surface area contributed by atoms with E-state index in [1.165, 1.54) is 0 Å². The summed E-state index contributed by atoms with van der Waals surface area (Å²) >= 11 is 5.63. The molecule has 0 saturated carbocycles. The van der Waals surface area contributed by atoms with Gasteiger partial charge in [-0.1, -0.05) is 11.6 Å². The number of carbonyl (C=O) groups is 1. The van der Waals surface area contributed by atoms with E-state index < -0.39 is 17.7 Å². The van der Waals surface area contributed by atoms with Crippen LogP contribution in [0.2, 0.25) is 5.02 Å². The number of aromatic hydroxyl groups is 1. The Bertz CT molecular complexity index is 374. The van der Waals surface area contributed by atoms with Crippen molar-refractivity contribution in [3.05, 3.63) is 28.5 Å². The van der Waals surface area contributed by atoms with Crippen molar-refractivity contribution in [1.82, 2.24) is 0 Å². The minimum atomic E-state index is -1.26. The van der Waals surface area contributed by atoms with Gasteiger partial charge in [0.1, 0.15) is 11.6 Å². The molecule has 1 unspecified atom stereocenters. The summed E-state index contributed by atoms with van der Waals surface area (Å²) in [6.45, 7) is -0.267. The van der Waals surface area contributed by atoms with Crippen molar-refractivity contribution in [2.45, 2.75) is 5.92 Å². The molecule has 0 heterocycles. The molecular weight excluding hydrogens is 225 g/mol. The highest BCUT2D eigenvalue weighted by molar-refractivity contribution is 6.31. The van der Waals surface area contributed by atoms with Gasteiger partial charge in [-0.2, -0.15) is 0 Å². The zero-order valence-corrected chi connectivity index (χ0v) is 8.33. The molecule has 0 bridgehead atoms. The van der Waals surface area contributed by atoms with Gasteiger partial charge in [0.05, 0.1) is 10.9 Å². The summed E-state index contributed by atoms with van der Waals surface area (Å²) in [7, 11) is 0. The van der Waals surface area contributed by atoms with Crippen LogP contribution >= 0.6 is 11.6 Å². The molecule has 0 saturated heterocycles. The van der Waals surface area contributed by atoms with E-state index in [-0.39, 0.29) is 22.9 Å². The van der Waals surface area contributed by atoms with Crippen molar-refractivity contribution in [2.75, 3.05) is 6.54 Å². The van der Waals surface area contributed by atoms with E-state index in [4.69, 9.17) is 27.5 Å². The fourth-order valence-electron chi connectivity index (χ4n) is 1.25. The highest BCUT2D eigenvalue weighted by Crippen LogP contribution is 2.30. The van der Waals surface area contributed by atoms with Crippen LogP contribution in [0.15, 0.2) is 12.1 Å². The molecule has 0 spiro atoms. The number of hydrogen-bond donors (Lipinski definition) is 3. The molecule has 4 N–H and O–H groups in total. The molecule has 0 aliphatic carbocycles. The zero-order chi connectivity index (χ0) is 11.6. The molecule has 0 amide bonds. The largest absolute Gasteiger partial charge is 0.508 e. The standard InChI is InChI=1S/C9H9ClFNO3/c10-6-1-4(13)2-7(11)8(6)5(3-12)9(14)15/h1-2,5,13H,3,12H2,(H,14,15). The Morgan fingerprint density at radius 2 is 2.20 bits per heavy atom. The molecule has 0 aliphatic heterocycles. The first-order valence-electron chi connectivity index (χ1n) is 4.08. The normalized spacial score (nSPS) is 12.5. The van der Waals surface area contributed by atoms with Crippen LogP contribution in [-0.2, 0) is 4.79 Å². The lowest BCUT2D eigenvalue weighted by molar-refractivity contribution is -0.138. The fourth-order valence-corrected chi connectivity index (χ4v) is 1.58. The highest BCUT2D eigenvalue weighted by Gasteiger charge is 2.24. The Balaban J connectivity index is 3.29. The van der Waals surface area contributed by atoms with Gasteiger partial charge in [-0.25, -0.2) is 4.39 Å². The minimum Gasteiger partial charge on any atom is -0.508 e. The molecule has 0 radical (unpaired) electrons. The SMILES string of the molecule is NCC(C(=O)O)c1c(F)cc(O)cc1Cl. The Morgan fingerprint density at radius 1 is 1.60 bits per heavy atom. The average Bonchev–Trinajstić information content (AvgIpc) is 2.09. The van der Waals surface area contributed by atoms with Crippen LogP contribution in [0.5, 0.6) is 5.75 Å². The van der Waals surface area contributed by atoms with Gasteiger partial charge in [0, 0.05) is 18.2 Å². The number of aliphatic carboxylic acids is 1. The van der Waals surface area contributed by atoms with Crippen LogP contribution in [0.3, 0.4) is 0 Å². The van der Waals surface area contributed by atoms with Gasteiger partial charge in [-0.05, 0) is 6.07 Å². The Labute approximate surface area is 90.1 Å². The first-order chi connectivity index (χ1) is 6.97. The van der Waals surface area contributed by atoms with Gasteiger partial charge < -0.3 is 15.9 Å². The van der Waals surface area contributed by atoms with Gasteiger partial charge in [0.2, 0.25) is 0 Å². The lowest BCUT2D eigenvalue weighted by Gasteiger charge is -2.13. The molecule has 1 atom stereocenters. The minimum absolute atomic E-state index is 0.148.